The van der Waals surface area contributed by atoms with Crippen LogP contribution in [0.5, 0.6) is 0 Å². The van der Waals surface area contributed by atoms with Gasteiger partial charge in [-0.05, 0) is 30.9 Å². The maximum Gasteiger partial charge on any atom is 0.417 e. The van der Waals surface area contributed by atoms with Crippen molar-refractivity contribution in [3.8, 4) is 0 Å². The van der Waals surface area contributed by atoms with Gasteiger partial charge in [0.1, 0.15) is 5.82 Å². The molecule has 5 heteroatoms. The van der Waals surface area contributed by atoms with Crippen molar-refractivity contribution in [2.24, 2.45) is 5.92 Å². The summed E-state index contributed by atoms with van der Waals surface area (Å²) in [5.41, 5.74) is -0.709. The number of aromatic nitrogens is 1. The lowest BCUT2D eigenvalue weighted by Gasteiger charge is -2.07. The highest BCUT2D eigenvalue weighted by Gasteiger charge is 2.30. The second-order valence-corrected chi connectivity index (χ2v) is 3.75. The molecule has 1 aliphatic rings. The highest BCUT2D eigenvalue weighted by molar-refractivity contribution is 5.36. The molecule has 82 valence electrons. The van der Waals surface area contributed by atoms with E-state index in [-0.39, 0.29) is 0 Å². The molecule has 0 saturated heterocycles. The maximum atomic E-state index is 12.2. The molecule has 1 saturated carbocycles. The molecule has 15 heavy (non-hydrogen) atoms. The van der Waals surface area contributed by atoms with Crippen molar-refractivity contribution in [2.45, 2.75) is 19.0 Å². The Bertz CT molecular complexity index is 328. The molecule has 1 fully saturated rings. The smallest absolute Gasteiger partial charge is 0.370 e. The summed E-state index contributed by atoms with van der Waals surface area (Å²) < 4.78 is 36.5. The number of hydrogen-bond acceptors (Lipinski definition) is 2. The Morgan fingerprint density at radius 3 is 2.53 bits per heavy atom. The van der Waals surface area contributed by atoms with E-state index in [1.807, 2.05) is 0 Å². The van der Waals surface area contributed by atoms with Crippen molar-refractivity contribution >= 4 is 5.82 Å². The highest BCUT2D eigenvalue weighted by atomic mass is 19.4. The first kappa shape index (κ1) is 10.3. The van der Waals surface area contributed by atoms with Gasteiger partial charge in [0.2, 0.25) is 0 Å². The fourth-order valence-corrected chi connectivity index (χ4v) is 1.24. The number of halogens is 3. The number of nitrogens with zero attached hydrogens (tertiary/aromatic N) is 1. The average molecular weight is 216 g/mol. The molecule has 0 aliphatic heterocycles. The largest absolute Gasteiger partial charge is 0.417 e. The molecule has 1 N–H and O–H groups in total. The Labute approximate surface area is 85.5 Å². The summed E-state index contributed by atoms with van der Waals surface area (Å²) in [5, 5.41) is 3.01. The molecule has 1 aromatic heterocycles. The highest BCUT2D eigenvalue weighted by Crippen LogP contribution is 2.30. The Balaban J connectivity index is 1.96. The molecule has 1 aliphatic carbocycles. The molecule has 0 bridgehead atoms. The van der Waals surface area contributed by atoms with Crippen LogP contribution >= 0.6 is 0 Å². The summed E-state index contributed by atoms with van der Waals surface area (Å²) in [6.07, 6.45) is -1.04. The van der Waals surface area contributed by atoms with Crippen LogP contribution in [-0.2, 0) is 6.18 Å². The van der Waals surface area contributed by atoms with Gasteiger partial charge in [-0.3, -0.25) is 0 Å². The molecule has 0 radical (unpaired) electrons. The fourth-order valence-electron chi connectivity index (χ4n) is 1.24. The second-order valence-electron chi connectivity index (χ2n) is 3.75. The van der Waals surface area contributed by atoms with Gasteiger partial charge in [0, 0.05) is 12.7 Å². The van der Waals surface area contributed by atoms with E-state index < -0.39 is 11.7 Å². The molecule has 0 spiro atoms. The van der Waals surface area contributed by atoms with Gasteiger partial charge in [-0.15, -0.1) is 0 Å². The van der Waals surface area contributed by atoms with Gasteiger partial charge >= 0.3 is 6.18 Å². The van der Waals surface area contributed by atoms with Crippen LogP contribution in [0.15, 0.2) is 18.3 Å². The maximum absolute atomic E-state index is 12.2. The van der Waals surface area contributed by atoms with Gasteiger partial charge in [-0.2, -0.15) is 13.2 Å². The molecular weight excluding hydrogens is 205 g/mol. The second kappa shape index (κ2) is 3.72. The molecule has 1 heterocycles. The van der Waals surface area contributed by atoms with Crippen LogP contribution < -0.4 is 5.32 Å². The Hall–Kier alpha value is -1.26. The van der Waals surface area contributed by atoms with E-state index in [9.17, 15) is 13.2 Å². The molecule has 0 amide bonds. The van der Waals surface area contributed by atoms with Crippen molar-refractivity contribution in [3.63, 3.8) is 0 Å². The lowest BCUT2D eigenvalue weighted by molar-refractivity contribution is -0.137. The molecule has 0 aromatic carbocycles. The summed E-state index contributed by atoms with van der Waals surface area (Å²) in [5.74, 6) is 1.18. The molecule has 0 unspecified atom stereocenters. The Morgan fingerprint density at radius 2 is 2.07 bits per heavy atom. The topological polar surface area (TPSA) is 24.9 Å². The molecule has 2 nitrogen and oxygen atoms in total. The third kappa shape index (κ3) is 2.84. The van der Waals surface area contributed by atoms with Crippen molar-refractivity contribution in [1.82, 2.24) is 4.98 Å². The third-order valence-corrected chi connectivity index (χ3v) is 2.36. The van der Waals surface area contributed by atoms with Crippen molar-refractivity contribution in [1.29, 1.82) is 0 Å². The minimum Gasteiger partial charge on any atom is -0.370 e. The summed E-state index contributed by atoms with van der Waals surface area (Å²) >= 11 is 0. The monoisotopic (exact) mass is 216 g/mol. The zero-order valence-electron chi connectivity index (χ0n) is 8.01. The lowest BCUT2D eigenvalue weighted by atomic mass is 10.3. The number of rotatable bonds is 3. The molecular formula is C10H11F3N2. The zero-order chi connectivity index (χ0) is 10.9. The van der Waals surface area contributed by atoms with Crippen molar-refractivity contribution in [2.75, 3.05) is 11.9 Å². The van der Waals surface area contributed by atoms with Crippen LogP contribution in [0.2, 0.25) is 0 Å². The van der Waals surface area contributed by atoms with E-state index in [2.05, 4.69) is 10.3 Å². The first-order valence-electron chi connectivity index (χ1n) is 4.83. The first-order valence-corrected chi connectivity index (χ1v) is 4.83. The van der Waals surface area contributed by atoms with Crippen LogP contribution in [0.3, 0.4) is 0 Å². The van der Waals surface area contributed by atoms with E-state index in [1.165, 1.54) is 18.9 Å². The van der Waals surface area contributed by atoms with Crippen LogP contribution in [0.4, 0.5) is 19.0 Å². The van der Waals surface area contributed by atoms with Gasteiger partial charge in [0.15, 0.2) is 0 Å². The lowest BCUT2D eigenvalue weighted by Crippen LogP contribution is -2.08. The van der Waals surface area contributed by atoms with Crippen molar-refractivity contribution < 1.29 is 13.2 Å². The summed E-state index contributed by atoms with van der Waals surface area (Å²) in [6.45, 7) is 0.804. The van der Waals surface area contributed by atoms with Gasteiger partial charge < -0.3 is 5.32 Å². The van der Waals surface area contributed by atoms with Gasteiger partial charge in [0.25, 0.3) is 0 Å². The van der Waals surface area contributed by atoms with Gasteiger partial charge in [0.05, 0.1) is 5.56 Å². The van der Waals surface area contributed by atoms with Crippen LogP contribution in [0, 0.1) is 5.92 Å². The zero-order valence-corrected chi connectivity index (χ0v) is 8.01. The predicted molar refractivity (Wildman–Crippen MR) is 50.5 cm³/mol. The van der Waals surface area contributed by atoms with E-state index >= 15 is 0 Å². The predicted octanol–water partition coefficient (Wildman–Crippen LogP) is 2.92. The van der Waals surface area contributed by atoms with E-state index in [1.54, 1.807) is 0 Å². The Morgan fingerprint density at radius 1 is 1.33 bits per heavy atom. The van der Waals surface area contributed by atoms with Gasteiger partial charge in [-0.1, -0.05) is 0 Å². The number of anilines is 1. The molecule has 2 rings (SSSR count). The Kier molecular flexibility index (Phi) is 2.54. The number of nitrogens with one attached hydrogen (secondary N) is 1. The van der Waals surface area contributed by atoms with E-state index in [4.69, 9.17) is 0 Å². The standard InChI is InChI=1S/C10H11F3N2/c11-10(12,13)8-3-4-9(15-6-8)14-5-7-1-2-7/h3-4,6-7H,1-2,5H2,(H,14,15). The van der Waals surface area contributed by atoms with Crippen LogP contribution in [0.1, 0.15) is 18.4 Å². The van der Waals surface area contributed by atoms with E-state index in [0.29, 0.717) is 11.7 Å². The number of alkyl halides is 3. The number of pyridine rings is 1. The molecule has 0 atom stereocenters. The molecule has 1 aromatic rings. The SMILES string of the molecule is FC(F)(F)c1ccc(NCC2CC2)nc1. The van der Waals surface area contributed by atoms with E-state index in [0.717, 1.165) is 18.8 Å². The first-order chi connectivity index (χ1) is 7.05. The van der Waals surface area contributed by atoms with Crippen molar-refractivity contribution in [3.05, 3.63) is 23.9 Å². The normalized spacial score (nSPS) is 16.5. The summed E-state index contributed by atoms with van der Waals surface area (Å²) in [6, 6.07) is 2.41. The quantitative estimate of drug-likeness (QED) is 0.840. The minimum atomic E-state index is -4.30. The number of hydrogen-bond donors (Lipinski definition) is 1. The van der Waals surface area contributed by atoms with Crippen LogP contribution in [-0.4, -0.2) is 11.5 Å². The summed E-state index contributed by atoms with van der Waals surface area (Å²) in [7, 11) is 0. The average Bonchev–Trinajstić information content (AvgIpc) is 2.97. The van der Waals surface area contributed by atoms with Gasteiger partial charge in [-0.25, -0.2) is 4.98 Å². The summed E-state index contributed by atoms with van der Waals surface area (Å²) in [4.78, 5) is 3.71. The van der Waals surface area contributed by atoms with Crippen LogP contribution in [0.25, 0.3) is 0 Å². The minimum absolute atomic E-state index is 0.509. The fraction of sp³-hybridized carbons (Fsp3) is 0.500. The third-order valence-electron chi connectivity index (χ3n) is 2.36.